The highest BCUT2D eigenvalue weighted by molar-refractivity contribution is 5.85. The molecule has 0 N–H and O–H groups in total. The van der Waals surface area contributed by atoms with Gasteiger partial charge in [0.25, 0.3) is 0 Å². The summed E-state index contributed by atoms with van der Waals surface area (Å²) in [5.74, 6) is 2.90. The molecule has 288 valence electrons. The summed E-state index contributed by atoms with van der Waals surface area (Å²) < 4.78 is 2.24. The van der Waals surface area contributed by atoms with Gasteiger partial charge in [0.1, 0.15) is 5.82 Å². The van der Waals surface area contributed by atoms with Gasteiger partial charge >= 0.3 is 0 Å². The summed E-state index contributed by atoms with van der Waals surface area (Å²) in [6, 6.07) is 53.7. The van der Waals surface area contributed by atoms with Crippen molar-refractivity contribution in [2.24, 2.45) is 0 Å². The normalized spacial score (nSPS) is 12.8. The fourth-order valence-electron chi connectivity index (χ4n) is 9.17. The van der Waals surface area contributed by atoms with Gasteiger partial charge in [0, 0.05) is 33.4 Å². The first kappa shape index (κ1) is 37.4. The molecular formula is C53H51N5. The molecule has 0 aliphatic heterocycles. The van der Waals surface area contributed by atoms with E-state index < -0.39 is 0 Å². The first-order valence-corrected chi connectivity index (χ1v) is 21.4. The van der Waals surface area contributed by atoms with Crippen molar-refractivity contribution in [2.45, 2.75) is 83.5 Å². The largest absolute Gasteiger partial charge is 0.292 e. The number of fused-ring (bicyclic) bond motifs is 4. The number of hydrogen-bond donors (Lipinski definition) is 0. The molecule has 2 heterocycles. The third-order valence-electron chi connectivity index (χ3n) is 12.1. The minimum absolute atomic E-state index is 0.0279. The van der Waals surface area contributed by atoms with Crippen LogP contribution >= 0.6 is 0 Å². The third-order valence-corrected chi connectivity index (χ3v) is 12.1. The van der Waals surface area contributed by atoms with E-state index in [1.165, 1.54) is 73.6 Å². The first-order valence-electron chi connectivity index (χ1n) is 21.4. The number of nitrogens with zero attached hydrogens (tertiary/aromatic N) is 5. The van der Waals surface area contributed by atoms with Crippen molar-refractivity contribution in [2.75, 3.05) is 0 Å². The van der Waals surface area contributed by atoms with Crippen LogP contribution < -0.4 is 0 Å². The summed E-state index contributed by atoms with van der Waals surface area (Å²) >= 11 is 0. The summed E-state index contributed by atoms with van der Waals surface area (Å²) in [6.07, 6.45) is 12.3. The zero-order chi connectivity index (χ0) is 39.3. The van der Waals surface area contributed by atoms with Crippen molar-refractivity contribution < 1.29 is 0 Å². The molecule has 9 rings (SSSR count). The molecule has 5 nitrogen and oxygen atoms in total. The second-order valence-electron chi connectivity index (χ2n) is 15.9. The molecule has 5 heteroatoms. The highest BCUT2D eigenvalue weighted by Gasteiger charge is 2.42. The second-order valence-corrected chi connectivity index (χ2v) is 15.9. The highest BCUT2D eigenvalue weighted by Crippen LogP contribution is 2.55. The number of hydrogen-bond acceptors (Lipinski definition) is 4. The molecule has 2 aromatic heterocycles. The van der Waals surface area contributed by atoms with Crippen molar-refractivity contribution in [3.63, 3.8) is 0 Å². The Kier molecular flexibility index (Phi) is 10.8. The molecule has 0 radical (unpaired) electrons. The van der Waals surface area contributed by atoms with Gasteiger partial charge in [-0.3, -0.25) is 4.57 Å². The Balaban J connectivity index is 1.18. The van der Waals surface area contributed by atoms with E-state index in [1.807, 2.05) is 30.3 Å². The van der Waals surface area contributed by atoms with Crippen molar-refractivity contribution in [3.8, 4) is 62.4 Å². The van der Waals surface area contributed by atoms with Crippen LogP contribution in [-0.4, -0.2) is 24.5 Å². The predicted molar refractivity (Wildman–Crippen MR) is 240 cm³/mol. The van der Waals surface area contributed by atoms with E-state index in [0.29, 0.717) is 17.5 Å². The summed E-state index contributed by atoms with van der Waals surface area (Å²) in [4.78, 5) is 20.8. The van der Waals surface area contributed by atoms with Crippen molar-refractivity contribution >= 4 is 11.0 Å². The average Bonchev–Trinajstić information content (AvgIpc) is 3.81. The minimum Gasteiger partial charge on any atom is -0.292 e. The van der Waals surface area contributed by atoms with Crippen LogP contribution in [0, 0.1) is 0 Å². The van der Waals surface area contributed by atoms with Crippen LogP contribution in [-0.2, 0) is 5.41 Å². The zero-order valence-electron chi connectivity index (χ0n) is 33.7. The van der Waals surface area contributed by atoms with Gasteiger partial charge in [-0.15, -0.1) is 0 Å². The Morgan fingerprint density at radius 2 is 1.00 bits per heavy atom. The molecule has 58 heavy (non-hydrogen) atoms. The van der Waals surface area contributed by atoms with Crippen LogP contribution in [0.15, 0.2) is 152 Å². The van der Waals surface area contributed by atoms with Crippen LogP contribution in [0.2, 0.25) is 0 Å². The lowest BCUT2D eigenvalue weighted by Crippen LogP contribution is -2.25. The lowest BCUT2D eigenvalue weighted by atomic mass is 9.70. The van der Waals surface area contributed by atoms with Gasteiger partial charge in [-0.25, -0.2) is 19.9 Å². The number of imidazole rings is 1. The third kappa shape index (κ3) is 7.15. The Morgan fingerprint density at radius 3 is 1.71 bits per heavy atom. The number of aromatic nitrogens is 5. The molecule has 0 saturated carbocycles. The predicted octanol–water partition coefficient (Wildman–Crippen LogP) is 14.1. The number of benzene rings is 6. The van der Waals surface area contributed by atoms with Gasteiger partial charge in [0.15, 0.2) is 17.5 Å². The van der Waals surface area contributed by atoms with E-state index in [0.717, 1.165) is 57.6 Å². The summed E-state index contributed by atoms with van der Waals surface area (Å²) in [7, 11) is 0. The van der Waals surface area contributed by atoms with Crippen LogP contribution in [0.3, 0.4) is 0 Å². The molecule has 0 spiro atoms. The first-order chi connectivity index (χ1) is 28.7. The van der Waals surface area contributed by atoms with Gasteiger partial charge in [-0.1, -0.05) is 187 Å². The Labute approximate surface area is 342 Å². The summed E-state index contributed by atoms with van der Waals surface area (Å²) in [5.41, 5.74) is 12.6. The van der Waals surface area contributed by atoms with Crippen molar-refractivity contribution in [1.82, 2.24) is 24.5 Å². The maximum absolute atomic E-state index is 5.31. The molecule has 0 bridgehead atoms. The summed E-state index contributed by atoms with van der Waals surface area (Å²) in [5, 5.41) is 0. The van der Waals surface area contributed by atoms with Gasteiger partial charge in [0.05, 0.1) is 11.0 Å². The van der Waals surface area contributed by atoms with Gasteiger partial charge < -0.3 is 0 Å². The van der Waals surface area contributed by atoms with Gasteiger partial charge in [-0.05, 0) is 65.4 Å². The van der Waals surface area contributed by atoms with E-state index in [-0.39, 0.29) is 5.41 Å². The lowest BCUT2D eigenvalue weighted by molar-refractivity contribution is 0.401. The quantitative estimate of drug-likeness (QED) is 0.0977. The Hall–Kier alpha value is -6.20. The fraction of sp³-hybridized carbons (Fsp3) is 0.245. The molecule has 0 atom stereocenters. The topological polar surface area (TPSA) is 56.5 Å². The monoisotopic (exact) mass is 757 g/mol. The standard InChI is InChI=1S/C53H51N5/c1-3-5-7-19-34-53(35-20-8-6-4-2)45-29-16-15-28-43(45)44-33-32-41(37-46(44)53)51-56-49(38-22-11-9-12-23-38)55-50(57-51)40-26-21-27-42(36-40)58-48-31-18-17-30-47(48)54-52(58)39-24-13-10-14-25-39/h9-18,21-33,36-37H,3-8,19-20,34-35H2,1-2H3. The maximum Gasteiger partial charge on any atom is 0.164 e. The smallest absolute Gasteiger partial charge is 0.164 e. The molecule has 0 unspecified atom stereocenters. The zero-order valence-corrected chi connectivity index (χ0v) is 33.7. The van der Waals surface area contributed by atoms with Crippen LogP contribution in [0.1, 0.15) is 89.2 Å². The van der Waals surface area contributed by atoms with E-state index in [2.05, 4.69) is 140 Å². The molecule has 1 aliphatic carbocycles. The SMILES string of the molecule is CCCCCCC1(CCCCCC)c2ccccc2-c2ccc(-c3nc(-c4ccccc4)nc(-c4cccc(-n5c(-c6ccccc6)nc6ccccc65)c4)n3)cc21. The second kappa shape index (κ2) is 16.7. The molecule has 0 saturated heterocycles. The highest BCUT2D eigenvalue weighted by atomic mass is 15.1. The number of rotatable bonds is 15. The maximum atomic E-state index is 5.31. The van der Waals surface area contributed by atoms with Crippen LogP contribution in [0.25, 0.3) is 73.4 Å². The van der Waals surface area contributed by atoms with Crippen molar-refractivity contribution in [3.05, 3.63) is 163 Å². The molecular weight excluding hydrogens is 707 g/mol. The molecule has 8 aromatic rings. The van der Waals surface area contributed by atoms with E-state index in [9.17, 15) is 0 Å². The Bertz CT molecular complexity index is 2650. The van der Waals surface area contributed by atoms with Crippen LogP contribution in [0.4, 0.5) is 0 Å². The van der Waals surface area contributed by atoms with E-state index in [1.54, 1.807) is 0 Å². The molecule has 0 fully saturated rings. The van der Waals surface area contributed by atoms with Crippen LogP contribution in [0.5, 0.6) is 0 Å². The number of para-hydroxylation sites is 2. The molecule has 0 amide bonds. The van der Waals surface area contributed by atoms with E-state index >= 15 is 0 Å². The van der Waals surface area contributed by atoms with E-state index in [4.69, 9.17) is 19.9 Å². The van der Waals surface area contributed by atoms with Gasteiger partial charge in [-0.2, -0.15) is 0 Å². The van der Waals surface area contributed by atoms with Crippen molar-refractivity contribution in [1.29, 1.82) is 0 Å². The lowest BCUT2D eigenvalue weighted by Gasteiger charge is -2.33. The summed E-state index contributed by atoms with van der Waals surface area (Å²) in [6.45, 7) is 4.61. The number of unbranched alkanes of at least 4 members (excludes halogenated alkanes) is 6. The minimum atomic E-state index is -0.0279. The molecule has 1 aliphatic rings. The molecule has 6 aromatic carbocycles. The Morgan fingerprint density at radius 1 is 0.431 bits per heavy atom. The van der Waals surface area contributed by atoms with Gasteiger partial charge in [0.2, 0.25) is 0 Å². The fourth-order valence-corrected chi connectivity index (χ4v) is 9.17. The average molecular weight is 758 g/mol.